The molecule has 0 saturated carbocycles. The van der Waals surface area contributed by atoms with Crippen molar-refractivity contribution in [3.05, 3.63) is 40.6 Å². The molecule has 2 heterocycles. The molecule has 0 aromatic carbocycles. The Morgan fingerprint density at radius 3 is 2.89 bits per heavy atom. The van der Waals surface area contributed by atoms with E-state index in [1.807, 2.05) is 12.3 Å². The average Bonchev–Trinajstić information content (AvgIpc) is 2.90. The van der Waals surface area contributed by atoms with Crippen LogP contribution in [0.2, 0.25) is 0 Å². The Hall–Kier alpha value is -1.95. The quantitative estimate of drug-likeness (QED) is 0.883. The van der Waals surface area contributed by atoms with Crippen molar-refractivity contribution in [2.45, 2.75) is 19.4 Å². The van der Waals surface area contributed by atoms with Gasteiger partial charge in [-0.15, -0.1) is 11.3 Å². The molecule has 0 aliphatic rings. The first-order chi connectivity index (χ1) is 8.70. The highest BCUT2D eigenvalue weighted by Gasteiger charge is 2.16. The molecular weight excluding hydrogens is 248 g/mol. The molecule has 2 aromatic heterocycles. The number of aromatic nitrogens is 2. The van der Waals surface area contributed by atoms with E-state index < -0.39 is 0 Å². The first-order valence-corrected chi connectivity index (χ1v) is 6.50. The second kappa shape index (κ2) is 5.59. The normalized spacial score (nSPS) is 12.1. The van der Waals surface area contributed by atoms with E-state index in [-0.39, 0.29) is 11.9 Å². The van der Waals surface area contributed by atoms with Gasteiger partial charge in [0, 0.05) is 11.6 Å². The minimum Gasteiger partial charge on any atom is -0.397 e. The van der Waals surface area contributed by atoms with Gasteiger partial charge in [-0.1, -0.05) is 6.92 Å². The summed E-state index contributed by atoms with van der Waals surface area (Å²) >= 11 is 1.53. The molecule has 2 rings (SSSR count). The fraction of sp³-hybridized carbons (Fsp3) is 0.250. The van der Waals surface area contributed by atoms with E-state index in [9.17, 15) is 4.79 Å². The van der Waals surface area contributed by atoms with E-state index in [2.05, 4.69) is 15.3 Å². The van der Waals surface area contributed by atoms with Crippen LogP contribution in [0.3, 0.4) is 0 Å². The molecule has 2 aromatic rings. The van der Waals surface area contributed by atoms with E-state index in [1.165, 1.54) is 17.5 Å². The van der Waals surface area contributed by atoms with Gasteiger partial charge < -0.3 is 11.1 Å². The average molecular weight is 262 g/mol. The van der Waals surface area contributed by atoms with Gasteiger partial charge in [-0.3, -0.25) is 4.79 Å². The van der Waals surface area contributed by atoms with Crippen LogP contribution in [-0.4, -0.2) is 15.9 Å². The number of nitrogens with zero attached hydrogens (tertiary/aromatic N) is 2. The van der Waals surface area contributed by atoms with Gasteiger partial charge in [-0.25, -0.2) is 9.97 Å². The van der Waals surface area contributed by atoms with Crippen LogP contribution in [0.5, 0.6) is 0 Å². The fourth-order valence-electron chi connectivity index (χ4n) is 1.52. The van der Waals surface area contributed by atoms with Crippen LogP contribution in [0.4, 0.5) is 5.69 Å². The topological polar surface area (TPSA) is 80.9 Å². The van der Waals surface area contributed by atoms with Crippen molar-refractivity contribution in [2.24, 2.45) is 0 Å². The molecule has 6 heteroatoms. The zero-order valence-electron chi connectivity index (χ0n) is 9.96. The molecule has 0 aliphatic heterocycles. The molecule has 0 spiro atoms. The Bertz CT molecular complexity index is 509. The molecule has 0 bridgehead atoms. The van der Waals surface area contributed by atoms with Gasteiger partial charge in [-0.2, -0.15) is 0 Å². The molecule has 1 atom stereocenters. The Labute approximate surface area is 109 Å². The summed E-state index contributed by atoms with van der Waals surface area (Å²) in [6.07, 6.45) is 3.99. The first kappa shape index (κ1) is 12.5. The fourth-order valence-corrected chi connectivity index (χ4v) is 2.29. The number of thiazole rings is 1. The number of nitrogens with two attached hydrogens (primary N) is 1. The number of anilines is 1. The summed E-state index contributed by atoms with van der Waals surface area (Å²) in [5.74, 6) is -0.211. The number of nitrogen functional groups attached to an aromatic ring is 1. The lowest BCUT2D eigenvalue weighted by Crippen LogP contribution is -2.28. The largest absolute Gasteiger partial charge is 0.397 e. The van der Waals surface area contributed by atoms with E-state index in [0.29, 0.717) is 11.4 Å². The summed E-state index contributed by atoms with van der Waals surface area (Å²) in [6, 6.07) is 3.20. The number of rotatable bonds is 4. The third-order valence-electron chi connectivity index (χ3n) is 2.48. The molecule has 1 amide bonds. The number of hydrogen-bond donors (Lipinski definition) is 2. The van der Waals surface area contributed by atoms with Crippen molar-refractivity contribution in [2.75, 3.05) is 5.73 Å². The Kier molecular flexibility index (Phi) is 3.88. The summed E-state index contributed by atoms with van der Waals surface area (Å²) in [7, 11) is 0. The molecule has 18 heavy (non-hydrogen) atoms. The highest BCUT2D eigenvalue weighted by atomic mass is 32.1. The maximum Gasteiger partial charge on any atom is 0.270 e. The van der Waals surface area contributed by atoms with Crippen molar-refractivity contribution in [1.29, 1.82) is 0 Å². The van der Waals surface area contributed by atoms with Gasteiger partial charge in [0.1, 0.15) is 10.7 Å². The molecule has 0 aliphatic carbocycles. The predicted molar refractivity (Wildman–Crippen MR) is 71.3 cm³/mol. The summed E-state index contributed by atoms with van der Waals surface area (Å²) in [6.45, 7) is 2.00. The minimum atomic E-state index is -0.211. The van der Waals surface area contributed by atoms with E-state index >= 15 is 0 Å². The van der Waals surface area contributed by atoms with Crippen molar-refractivity contribution in [3.63, 3.8) is 0 Å². The van der Waals surface area contributed by atoms with Crippen LogP contribution < -0.4 is 11.1 Å². The van der Waals surface area contributed by atoms with Gasteiger partial charge in [0.25, 0.3) is 5.91 Å². The van der Waals surface area contributed by atoms with E-state index in [4.69, 9.17) is 5.73 Å². The molecule has 1 unspecified atom stereocenters. The number of amides is 1. The number of pyridine rings is 1. The second-order valence-electron chi connectivity index (χ2n) is 3.78. The maximum absolute atomic E-state index is 12.0. The third kappa shape index (κ3) is 2.84. The smallest absolute Gasteiger partial charge is 0.270 e. The van der Waals surface area contributed by atoms with E-state index in [1.54, 1.807) is 18.3 Å². The van der Waals surface area contributed by atoms with Crippen LogP contribution in [0.25, 0.3) is 0 Å². The minimum absolute atomic E-state index is 0.0724. The van der Waals surface area contributed by atoms with Crippen molar-refractivity contribution in [3.8, 4) is 0 Å². The van der Waals surface area contributed by atoms with Crippen LogP contribution in [0.15, 0.2) is 29.9 Å². The molecule has 3 N–H and O–H groups in total. The molecule has 94 valence electrons. The van der Waals surface area contributed by atoms with Crippen LogP contribution in [0, 0.1) is 0 Å². The highest BCUT2D eigenvalue weighted by Crippen LogP contribution is 2.19. The predicted octanol–water partition coefficient (Wildman–Crippen LogP) is 2.00. The zero-order chi connectivity index (χ0) is 13.0. The lowest BCUT2D eigenvalue weighted by Gasteiger charge is -2.13. The van der Waals surface area contributed by atoms with Crippen molar-refractivity contribution >= 4 is 22.9 Å². The lowest BCUT2D eigenvalue weighted by molar-refractivity contribution is 0.0930. The number of nitrogens with one attached hydrogen (secondary N) is 1. The number of hydrogen-bond acceptors (Lipinski definition) is 5. The number of carbonyl (C=O) groups is 1. The Morgan fingerprint density at radius 1 is 1.50 bits per heavy atom. The summed E-state index contributed by atoms with van der Waals surface area (Å²) in [5, 5.41) is 5.71. The second-order valence-corrected chi connectivity index (χ2v) is 4.71. The van der Waals surface area contributed by atoms with Crippen LogP contribution >= 0.6 is 11.3 Å². The van der Waals surface area contributed by atoms with Gasteiger partial charge >= 0.3 is 0 Å². The van der Waals surface area contributed by atoms with Crippen molar-refractivity contribution < 1.29 is 4.79 Å². The maximum atomic E-state index is 12.0. The monoisotopic (exact) mass is 262 g/mol. The summed E-state index contributed by atoms with van der Waals surface area (Å²) in [4.78, 5) is 20.2. The van der Waals surface area contributed by atoms with Gasteiger partial charge in [0.05, 0.1) is 17.9 Å². The van der Waals surface area contributed by atoms with Crippen LogP contribution in [0.1, 0.15) is 34.9 Å². The Balaban J connectivity index is 2.08. The lowest BCUT2D eigenvalue weighted by atomic mass is 10.2. The summed E-state index contributed by atoms with van der Waals surface area (Å²) in [5.41, 5.74) is 6.43. The third-order valence-corrected chi connectivity index (χ3v) is 3.37. The highest BCUT2D eigenvalue weighted by molar-refractivity contribution is 7.09. The van der Waals surface area contributed by atoms with E-state index in [0.717, 1.165) is 11.4 Å². The van der Waals surface area contributed by atoms with Gasteiger partial charge in [0.15, 0.2) is 0 Å². The zero-order valence-corrected chi connectivity index (χ0v) is 10.8. The molecule has 0 fully saturated rings. The van der Waals surface area contributed by atoms with Crippen LogP contribution in [-0.2, 0) is 0 Å². The molecule has 0 saturated heterocycles. The number of carbonyl (C=O) groups excluding carboxylic acids is 1. The SMILES string of the molecule is CCC(NC(=O)c1ccc(N)cn1)c1nccs1. The van der Waals surface area contributed by atoms with Gasteiger partial charge in [-0.05, 0) is 18.6 Å². The molecule has 5 nitrogen and oxygen atoms in total. The molecule has 0 radical (unpaired) electrons. The summed E-state index contributed by atoms with van der Waals surface area (Å²) < 4.78 is 0. The Morgan fingerprint density at radius 2 is 2.33 bits per heavy atom. The van der Waals surface area contributed by atoms with Gasteiger partial charge in [0.2, 0.25) is 0 Å². The first-order valence-electron chi connectivity index (χ1n) is 5.62. The van der Waals surface area contributed by atoms with Crippen molar-refractivity contribution in [1.82, 2.24) is 15.3 Å². The molecular formula is C12H14N4OS. The standard InChI is InChI=1S/C12H14N4OS/c1-2-9(12-14-5-6-18-12)16-11(17)10-4-3-8(13)7-15-10/h3-7,9H,2,13H2,1H3,(H,16,17).